The van der Waals surface area contributed by atoms with Crippen LogP contribution in [0.1, 0.15) is 24.0 Å². The van der Waals surface area contributed by atoms with Gasteiger partial charge in [-0.3, -0.25) is 14.9 Å². The Bertz CT molecular complexity index is 823. The second kappa shape index (κ2) is 9.33. The number of rotatable bonds is 8. The maximum Gasteiger partial charge on any atom is 0.319 e. The molecule has 0 saturated heterocycles. The number of anilines is 1. The fourth-order valence-electron chi connectivity index (χ4n) is 2.72. The molecule has 0 aromatic heterocycles. The first kappa shape index (κ1) is 19.9. The molecule has 27 heavy (non-hydrogen) atoms. The van der Waals surface area contributed by atoms with Gasteiger partial charge in [-0.25, -0.2) is 4.79 Å². The van der Waals surface area contributed by atoms with Crippen LogP contribution in [0, 0.1) is 17.0 Å². The second-order valence-electron chi connectivity index (χ2n) is 6.12. The van der Waals surface area contributed by atoms with Gasteiger partial charge in [-0.15, -0.1) is 0 Å². The van der Waals surface area contributed by atoms with Gasteiger partial charge < -0.3 is 15.7 Å². The Morgan fingerprint density at radius 1 is 1.15 bits per heavy atom. The van der Waals surface area contributed by atoms with Crippen molar-refractivity contribution >= 4 is 23.4 Å². The first-order valence-electron chi connectivity index (χ1n) is 8.44. The van der Waals surface area contributed by atoms with Gasteiger partial charge in [-0.05, 0) is 31.4 Å². The Kier molecular flexibility index (Phi) is 6.87. The molecule has 2 rings (SSSR count). The second-order valence-corrected chi connectivity index (χ2v) is 6.12. The summed E-state index contributed by atoms with van der Waals surface area (Å²) < 4.78 is 0. The fraction of sp³-hybridized carbons (Fsp3) is 0.263. The predicted molar refractivity (Wildman–Crippen MR) is 101 cm³/mol. The Morgan fingerprint density at radius 2 is 1.85 bits per heavy atom. The van der Waals surface area contributed by atoms with Crippen LogP contribution in [-0.2, 0) is 11.2 Å². The van der Waals surface area contributed by atoms with Gasteiger partial charge in [0.05, 0.1) is 16.2 Å². The molecule has 0 radical (unpaired) electrons. The van der Waals surface area contributed by atoms with Gasteiger partial charge >= 0.3 is 12.0 Å². The molecule has 2 aromatic carbocycles. The number of nitrogens with zero attached hydrogens (tertiary/aromatic N) is 1. The number of hydrogen-bond donors (Lipinski definition) is 3. The molecule has 8 nitrogen and oxygen atoms in total. The first-order valence-corrected chi connectivity index (χ1v) is 8.44. The standard InChI is InChI=1S/C19H21N3O5/c1-13-16(8-5-9-17(13)22(26)27)21-19(25)20-15(10-11-18(23)24)12-14-6-3-2-4-7-14/h2-9,15H,10-12H2,1H3,(H,23,24)(H2,20,21,25). The summed E-state index contributed by atoms with van der Waals surface area (Å²) in [5.41, 5.74) is 1.57. The predicted octanol–water partition coefficient (Wildman–Crippen LogP) is 3.50. The van der Waals surface area contributed by atoms with Gasteiger partial charge in [0.25, 0.3) is 5.69 Å². The molecule has 3 N–H and O–H groups in total. The number of nitro groups is 1. The van der Waals surface area contributed by atoms with Crippen LogP contribution in [-0.4, -0.2) is 28.1 Å². The van der Waals surface area contributed by atoms with Crippen LogP contribution in [0.5, 0.6) is 0 Å². The van der Waals surface area contributed by atoms with Crippen molar-refractivity contribution < 1.29 is 19.6 Å². The molecule has 0 heterocycles. The maximum absolute atomic E-state index is 12.4. The third-order valence-electron chi connectivity index (χ3n) is 4.12. The van der Waals surface area contributed by atoms with E-state index in [1.807, 2.05) is 30.3 Å². The summed E-state index contributed by atoms with van der Waals surface area (Å²) in [5.74, 6) is -0.940. The Morgan fingerprint density at radius 3 is 2.48 bits per heavy atom. The average molecular weight is 371 g/mol. The van der Waals surface area contributed by atoms with Crippen molar-refractivity contribution in [2.75, 3.05) is 5.32 Å². The van der Waals surface area contributed by atoms with Gasteiger partial charge in [0, 0.05) is 18.5 Å². The number of urea groups is 1. The molecule has 0 bridgehead atoms. The van der Waals surface area contributed by atoms with Crippen LogP contribution < -0.4 is 10.6 Å². The van der Waals surface area contributed by atoms with Crippen LogP contribution in [0.2, 0.25) is 0 Å². The highest BCUT2D eigenvalue weighted by molar-refractivity contribution is 5.91. The number of nitrogens with one attached hydrogen (secondary N) is 2. The van der Waals surface area contributed by atoms with Crippen LogP contribution in [0.25, 0.3) is 0 Å². The van der Waals surface area contributed by atoms with Crippen molar-refractivity contribution in [2.45, 2.75) is 32.2 Å². The summed E-state index contributed by atoms with van der Waals surface area (Å²) in [4.78, 5) is 33.7. The molecule has 8 heteroatoms. The number of nitro benzene ring substituents is 1. The van der Waals surface area contributed by atoms with Crippen LogP contribution in [0.15, 0.2) is 48.5 Å². The number of aliphatic carboxylic acids is 1. The van der Waals surface area contributed by atoms with Gasteiger partial charge in [0.1, 0.15) is 0 Å². The minimum Gasteiger partial charge on any atom is -0.481 e. The lowest BCUT2D eigenvalue weighted by Crippen LogP contribution is -2.39. The lowest BCUT2D eigenvalue weighted by atomic mass is 10.0. The van der Waals surface area contributed by atoms with E-state index in [1.165, 1.54) is 12.1 Å². The van der Waals surface area contributed by atoms with E-state index < -0.39 is 16.9 Å². The van der Waals surface area contributed by atoms with Crippen molar-refractivity contribution in [1.29, 1.82) is 0 Å². The number of hydrogen-bond acceptors (Lipinski definition) is 4. The Hall–Kier alpha value is -3.42. The average Bonchev–Trinajstić information content (AvgIpc) is 2.62. The SMILES string of the molecule is Cc1c(NC(=O)NC(CCC(=O)O)Cc2ccccc2)cccc1[N+](=O)[O-]. The number of benzene rings is 2. The molecule has 2 amide bonds. The zero-order valence-corrected chi connectivity index (χ0v) is 14.8. The minimum atomic E-state index is -0.940. The number of carboxylic acids is 1. The number of carbonyl (C=O) groups excluding carboxylic acids is 1. The summed E-state index contributed by atoms with van der Waals surface area (Å²) in [6.07, 6.45) is 0.675. The van der Waals surface area contributed by atoms with Crippen LogP contribution >= 0.6 is 0 Å². The number of amides is 2. The third kappa shape index (κ3) is 6.10. The smallest absolute Gasteiger partial charge is 0.319 e. The van der Waals surface area contributed by atoms with Crippen molar-refractivity contribution in [2.24, 2.45) is 0 Å². The molecular formula is C19H21N3O5. The van der Waals surface area contributed by atoms with E-state index in [-0.39, 0.29) is 24.6 Å². The zero-order chi connectivity index (χ0) is 19.8. The quantitative estimate of drug-likeness (QED) is 0.484. The van der Waals surface area contributed by atoms with Gasteiger partial charge in [0.15, 0.2) is 0 Å². The van der Waals surface area contributed by atoms with E-state index in [0.29, 0.717) is 17.7 Å². The fourth-order valence-corrected chi connectivity index (χ4v) is 2.72. The highest BCUT2D eigenvalue weighted by atomic mass is 16.6. The zero-order valence-electron chi connectivity index (χ0n) is 14.8. The summed E-state index contributed by atoms with van der Waals surface area (Å²) >= 11 is 0. The van der Waals surface area contributed by atoms with Crippen LogP contribution in [0.3, 0.4) is 0 Å². The van der Waals surface area contributed by atoms with Gasteiger partial charge in [-0.1, -0.05) is 36.4 Å². The molecule has 0 fully saturated rings. The van der Waals surface area contributed by atoms with E-state index in [0.717, 1.165) is 5.56 Å². The molecule has 0 aliphatic rings. The molecule has 0 saturated carbocycles. The van der Waals surface area contributed by atoms with Gasteiger partial charge in [-0.2, -0.15) is 0 Å². The van der Waals surface area contributed by atoms with Crippen molar-refractivity contribution in [1.82, 2.24) is 5.32 Å². The Balaban J connectivity index is 2.07. The summed E-state index contributed by atoms with van der Waals surface area (Å²) in [6, 6.07) is 12.9. The molecular weight excluding hydrogens is 350 g/mol. The normalized spacial score (nSPS) is 11.4. The third-order valence-corrected chi connectivity index (χ3v) is 4.12. The molecule has 1 unspecified atom stereocenters. The summed E-state index contributed by atoms with van der Waals surface area (Å²) in [5, 5.41) is 25.3. The molecule has 0 spiro atoms. The lowest BCUT2D eigenvalue weighted by molar-refractivity contribution is -0.385. The van der Waals surface area contributed by atoms with Crippen molar-refractivity contribution in [3.63, 3.8) is 0 Å². The first-order chi connectivity index (χ1) is 12.9. The number of carbonyl (C=O) groups is 2. The summed E-state index contributed by atoms with van der Waals surface area (Å²) in [6.45, 7) is 1.56. The van der Waals surface area contributed by atoms with E-state index in [9.17, 15) is 19.7 Å². The van der Waals surface area contributed by atoms with Gasteiger partial charge in [0.2, 0.25) is 0 Å². The summed E-state index contributed by atoms with van der Waals surface area (Å²) in [7, 11) is 0. The highest BCUT2D eigenvalue weighted by Crippen LogP contribution is 2.25. The maximum atomic E-state index is 12.4. The molecule has 1 atom stereocenters. The van der Waals surface area contributed by atoms with E-state index in [4.69, 9.17) is 5.11 Å². The monoisotopic (exact) mass is 371 g/mol. The number of carboxylic acid groups (broad SMARTS) is 1. The highest BCUT2D eigenvalue weighted by Gasteiger charge is 2.18. The largest absolute Gasteiger partial charge is 0.481 e. The van der Waals surface area contributed by atoms with E-state index >= 15 is 0 Å². The van der Waals surface area contributed by atoms with E-state index in [2.05, 4.69) is 10.6 Å². The molecule has 0 aliphatic heterocycles. The molecule has 2 aromatic rings. The van der Waals surface area contributed by atoms with E-state index in [1.54, 1.807) is 13.0 Å². The molecule has 0 aliphatic carbocycles. The molecule has 142 valence electrons. The van der Waals surface area contributed by atoms with Crippen LogP contribution in [0.4, 0.5) is 16.2 Å². The lowest BCUT2D eigenvalue weighted by Gasteiger charge is -2.19. The topological polar surface area (TPSA) is 122 Å². The van der Waals surface area contributed by atoms with Crippen molar-refractivity contribution in [3.8, 4) is 0 Å². The minimum absolute atomic E-state index is 0.0758. The Labute approximate surface area is 156 Å². The van der Waals surface area contributed by atoms with Crippen molar-refractivity contribution in [3.05, 3.63) is 69.8 Å².